The van der Waals surface area contributed by atoms with E-state index in [4.69, 9.17) is 4.74 Å². The van der Waals surface area contributed by atoms with Gasteiger partial charge in [-0.25, -0.2) is 4.79 Å². The number of benzene rings is 2. The smallest absolute Gasteiger partial charge is 0.407 e. The first kappa shape index (κ1) is 13.5. The van der Waals surface area contributed by atoms with Crippen molar-refractivity contribution < 1.29 is 14.6 Å². The number of fused-ring (bicyclic) bond motifs is 1. The van der Waals surface area contributed by atoms with Gasteiger partial charge in [0.2, 0.25) is 0 Å². The Labute approximate surface area is 123 Å². The van der Waals surface area contributed by atoms with Crippen LogP contribution in [-0.2, 0) is 24.2 Å². The molecule has 21 heavy (non-hydrogen) atoms. The summed E-state index contributed by atoms with van der Waals surface area (Å²) >= 11 is 0. The first-order valence-corrected chi connectivity index (χ1v) is 6.99. The summed E-state index contributed by atoms with van der Waals surface area (Å²) in [4.78, 5) is 11.8. The van der Waals surface area contributed by atoms with Gasteiger partial charge in [0.1, 0.15) is 12.4 Å². The van der Waals surface area contributed by atoms with Gasteiger partial charge in [-0.1, -0.05) is 42.5 Å². The van der Waals surface area contributed by atoms with Crippen LogP contribution < -0.4 is 5.32 Å². The standard InChI is InChI=1S/C17H17NO3/c19-16-8-4-7-13-9-14(10-15(13)16)18-17(20)21-11-12-5-2-1-3-6-12/h1-8,14,19H,9-11H2,(H,18,20). The molecular weight excluding hydrogens is 266 g/mol. The van der Waals surface area contributed by atoms with Gasteiger partial charge in [-0.05, 0) is 35.6 Å². The van der Waals surface area contributed by atoms with Crippen LogP contribution in [0.4, 0.5) is 4.79 Å². The number of alkyl carbamates (subject to hydrolysis) is 1. The minimum atomic E-state index is -0.420. The maximum atomic E-state index is 11.8. The molecule has 0 saturated heterocycles. The van der Waals surface area contributed by atoms with Crippen molar-refractivity contribution >= 4 is 6.09 Å². The van der Waals surface area contributed by atoms with Crippen LogP contribution in [0.2, 0.25) is 0 Å². The van der Waals surface area contributed by atoms with Crippen molar-refractivity contribution in [3.63, 3.8) is 0 Å². The second-order valence-corrected chi connectivity index (χ2v) is 5.23. The zero-order valence-electron chi connectivity index (χ0n) is 11.6. The number of phenolic OH excluding ortho intramolecular Hbond substituents is 1. The molecule has 0 heterocycles. The summed E-state index contributed by atoms with van der Waals surface area (Å²) in [6.45, 7) is 0.261. The largest absolute Gasteiger partial charge is 0.508 e. The van der Waals surface area contributed by atoms with Crippen LogP contribution in [0.25, 0.3) is 0 Å². The number of hydrogen-bond acceptors (Lipinski definition) is 3. The third-order valence-electron chi connectivity index (χ3n) is 3.70. The van der Waals surface area contributed by atoms with Crippen LogP contribution in [0, 0.1) is 0 Å². The van der Waals surface area contributed by atoms with Gasteiger partial charge in [0.15, 0.2) is 0 Å². The predicted molar refractivity (Wildman–Crippen MR) is 79.1 cm³/mol. The van der Waals surface area contributed by atoms with Crippen LogP contribution in [0.5, 0.6) is 5.75 Å². The average molecular weight is 283 g/mol. The van der Waals surface area contributed by atoms with E-state index in [0.29, 0.717) is 12.2 Å². The van der Waals surface area contributed by atoms with Gasteiger partial charge >= 0.3 is 6.09 Å². The Morgan fingerprint density at radius 2 is 1.95 bits per heavy atom. The summed E-state index contributed by atoms with van der Waals surface area (Å²) in [5.41, 5.74) is 2.97. The number of carbonyl (C=O) groups is 1. The number of aromatic hydroxyl groups is 1. The fraction of sp³-hybridized carbons (Fsp3) is 0.235. The van der Waals surface area contributed by atoms with Gasteiger partial charge in [-0.15, -0.1) is 0 Å². The van der Waals surface area contributed by atoms with Crippen molar-refractivity contribution in [3.8, 4) is 5.75 Å². The summed E-state index contributed by atoms with van der Waals surface area (Å²) < 4.78 is 5.21. The van der Waals surface area contributed by atoms with E-state index in [9.17, 15) is 9.90 Å². The molecule has 3 rings (SSSR count). The van der Waals surface area contributed by atoms with E-state index in [2.05, 4.69) is 5.32 Å². The van der Waals surface area contributed by atoms with Crippen molar-refractivity contribution in [1.29, 1.82) is 0 Å². The van der Waals surface area contributed by atoms with E-state index in [1.807, 2.05) is 42.5 Å². The summed E-state index contributed by atoms with van der Waals surface area (Å²) in [5, 5.41) is 12.6. The molecule has 2 N–H and O–H groups in total. The summed E-state index contributed by atoms with van der Waals surface area (Å²) in [7, 11) is 0. The summed E-state index contributed by atoms with van der Waals surface area (Å²) in [5.74, 6) is 0.300. The molecule has 1 aliphatic carbocycles. The zero-order chi connectivity index (χ0) is 14.7. The molecule has 0 aliphatic heterocycles. The third-order valence-corrected chi connectivity index (χ3v) is 3.70. The molecule has 1 aliphatic rings. The van der Waals surface area contributed by atoms with Crippen LogP contribution >= 0.6 is 0 Å². The average Bonchev–Trinajstić information content (AvgIpc) is 2.90. The van der Waals surface area contributed by atoms with Crippen molar-refractivity contribution in [2.24, 2.45) is 0 Å². The molecule has 2 aromatic rings. The SMILES string of the molecule is O=C(NC1Cc2cccc(O)c2C1)OCc1ccccc1. The van der Waals surface area contributed by atoms with Gasteiger partial charge in [0, 0.05) is 6.04 Å². The monoisotopic (exact) mass is 283 g/mol. The lowest BCUT2D eigenvalue weighted by Crippen LogP contribution is -2.35. The highest BCUT2D eigenvalue weighted by Crippen LogP contribution is 2.29. The van der Waals surface area contributed by atoms with Gasteiger partial charge in [-0.2, -0.15) is 0 Å². The van der Waals surface area contributed by atoms with E-state index in [0.717, 1.165) is 23.1 Å². The van der Waals surface area contributed by atoms with E-state index in [1.165, 1.54) is 0 Å². The first-order valence-electron chi connectivity index (χ1n) is 6.99. The van der Waals surface area contributed by atoms with E-state index in [1.54, 1.807) is 6.07 Å². The molecule has 2 aromatic carbocycles. The molecule has 0 fully saturated rings. The molecule has 0 bridgehead atoms. The number of ether oxygens (including phenoxy) is 1. The molecule has 1 unspecified atom stereocenters. The highest BCUT2D eigenvalue weighted by molar-refractivity contribution is 5.68. The normalized spacial score (nSPS) is 16.3. The van der Waals surface area contributed by atoms with Gasteiger partial charge in [0.25, 0.3) is 0 Å². The lowest BCUT2D eigenvalue weighted by molar-refractivity contribution is 0.136. The van der Waals surface area contributed by atoms with E-state index < -0.39 is 6.09 Å². The second-order valence-electron chi connectivity index (χ2n) is 5.23. The molecule has 0 aromatic heterocycles. The zero-order valence-corrected chi connectivity index (χ0v) is 11.6. The van der Waals surface area contributed by atoms with Gasteiger partial charge in [-0.3, -0.25) is 0 Å². The van der Waals surface area contributed by atoms with Crippen LogP contribution in [0.3, 0.4) is 0 Å². The van der Waals surface area contributed by atoms with Crippen LogP contribution in [0.1, 0.15) is 16.7 Å². The summed E-state index contributed by atoms with van der Waals surface area (Å²) in [6, 6.07) is 15.0. The van der Waals surface area contributed by atoms with Gasteiger partial charge in [0.05, 0.1) is 0 Å². The number of carbonyl (C=O) groups excluding carboxylic acids is 1. The number of phenols is 1. The fourth-order valence-corrected chi connectivity index (χ4v) is 2.67. The third kappa shape index (κ3) is 3.16. The lowest BCUT2D eigenvalue weighted by atomic mass is 10.1. The number of amides is 1. The van der Waals surface area contributed by atoms with Crippen LogP contribution in [-0.4, -0.2) is 17.2 Å². The second kappa shape index (κ2) is 5.87. The molecule has 4 nitrogen and oxygen atoms in total. The summed E-state index contributed by atoms with van der Waals surface area (Å²) in [6.07, 6.45) is 0.947. The predicted octanol–water partition coefficient (Wildman–Crippen LogP) is 2.79. The van der Waals surface area contributed by atoms with Crippen molar-refractivity contribution in [2.75, 3.05) is 0 Å². The highest BCUT2D eigenvalue weighted by Gasteiger charge is 2.25. The van der Waals surface area contributed by atoms with Crippen molar-refractivity contribution in [1.82, 2.24) is 5.32 Å². The van der Waals surface area contributed by atoms with Gasteiger partial charge < -0.3 is 15.2 Å². The molecule has 0 radical (unpaired) electrons. The van der Waals surface area contributed by atoms with E-state index >= 15 is 0 Å². The molecular formula is C17H17NO3. The highest BCUT2D eigenvalue weighted by atomic mass is 16.5. The minimum absolute atomic E-state index is 0.0171. The molecule has 4 heteroatoms. The number of hydrogen-bond donors (Lipinski definition) is 2. The number of rotatable bonds is 3. The Hall–Kier alpha value is -2.49. The topological polar surface area (TPSA) is 58.6 Å². The Kier molecular flexibility index (Phi) is 3.77. The molecule has 1 atom stereocenters. The fourth-order valence-electron chi connectivity index (χ4n) is 2.67. The lowest BCUT2D eigenvalue weighted by Gasteiger charge is -2.12. The molecule has 108 valence electrons. The molecule has 1 amide bonds. The van der Waals surface area contributed by atoms with Crippen LogP contribution in [0.15, 0.2) is 48.5 Å². The maximum absolute atomic E-state index is 11.8. The Bertz CT molecular complexity index is 640. The Balaban J connectivity index is 1.52. The Morgan fingerprint density at radius 1 is 1.14 bits per heavy atom. The number of nitrogens with one attached hydrogen (secondary N) is 1. The minimum Gasteiger partial charge on any atom is -0.508 e. The molecule has 0 saturated carbocycles. The molecule has 0 spiro atoms. The first-order chi connectivity index (χ1) is 10.2. The van der Waals surface area contributed by atoms with E-state index in [-0.39, 0.29) is 12.6 Å². The van der Waals surface area contributed by atoms with Crippen molar-refractivity contribution in [2.45, 2.75) is 25.5 Å². The maximum Gasteiger partial charge on any atom is 0.407 e. The van der Waals surface area contributed by atoms with Crippen molar-refractivity contribution in [3.05, 3.63) is 65.2 Å². The Morgan fingerprint density at radius 3 is 2.71 bits per heavy atom. The quantitative estimate of drug-likeness (QED) is 0.910.